The summed E-state index contributed by atoms with van der Waals surface area (Å²) in [5.74, 6) is -0.0550. The lowest BCUT2D eigenvalue weighted by molar-refractivity contribution is 0.104. The molecule has 0 spiro atoms. The zero-order chi connectivity index (χ0) is 10.8. The molecule has 0 bridgehead atoms. The van der Waals surface area contributed by atoms with E-state index >= 15 is 0 Å². The first-order chi connectivity index (χ1) is 7.20. The van der Waals surface area contributed by atoms with Crippen LogP contribution >= 0.6 is 22.9 Å². The van der Waals surface area contributed by atoms with Gasteiger partial charge in [-0.25, -0.2) is 4.98 Å². The molecule has 0 amide bonds. The Morgan fingerprint density at radius 3 is 2.87 bits per heavy atom. The van der Waals surface area contributed by atoms with Crippen molar-refractivity contribution in [1.29, 1.82) is 0 Å². The summed E-state index contributed by atoms with van der Waals surface area (Å²) in [6, 6.07) is 5.32. The second-order valence-corrected chi connectivity index (χ2v) is 4.38. The highest BCUT2D eigenvalue weighted by Gasteiger charge is 2.16. The summed E-state index contributed by atoms with van der Waals surface area (Å²) in [7, 11) is 0. The number of hydrogen-bond acceptors (Lipinski definition) is 3. The van der Waals surface area contributed by atoms with Gasteiger partial charge in [-0.1, -0.05) is 11.6 Å². The van der Waals surface area contributed by atoms with Crippen LogP contribution in [0.5, 0.6) is 0 Å². The van der Waals surface area contributed by atoms with E-state index in [0.29, 0.717) is 5.56 Å². The van der Waals surface area contributed by atoms with Gasteiger partial charge in [0.15, 0.2) is 0 Å². The maximum absolute atomic E-state index is 12.0. The summed E-state index contributed by atoms with van der Waals surface area (Å²) in [5, 5.41) is 2.16. The highest BCUT2D eigenvalue weighted by atomic mass is 35.5. The third-order valence-corrected chi connectivity index (χ3v) is 3.39. The van der Waals surface area contributed by atoms with Crippen LogP contribution in [-0.2, 0) is 0 Å². The molecule has 0 aromatic carbocycles. The number of rotatable bonds is 2. The Labute approximate surface area is 96.5 Å². The molecule has 0 fully saturated rings. The van der Waals surface area contributed by atoms with Crippen LogP contribution in [0, 0.1) is 6.92 Å². The lowest BCUT2D eigenvalue weighted by Gasteiger charge is -2.00. The molecule has 0 saturated heterocycles. The number of ketones is 1. The molecule has 0 N–H and O–H groups in total. The number of carbonyl (C=O) groups excluding carboxylic acids is 1. The van der Waals surface area contributed by atoms with E-state index in [1.54, 1.807) is 18.3 Å². The average Bonchev–Trinajstić information content (AvgIpc) is 2.64. The van der Waals surface area contributed by atoms with E-state index in [0.717, 1.165) is 10.4 Å². The molecular formula is C11H8ClNOS. The van der Waals surface area contributed by atoms with Gasteiger partial charge in [0.2, 0.25) is 5.78 Å². The Bertz CT molecular complexity index is 507. The number of halogens is 1. The minimum absolute atomic E-state index is 0.0550. The van der Waals surface area contributed by atoms with Crippen LogP contribution < -0.4 is 0 Å². The minimum Gasteiger partial charge on any atom is -0.288 e. The van der Waals surface area contributed by atoms with Crippen molar-refractivity contribution < 1.29 is 4.79 Å². The molecule has 15 heavy (non-hydrogen) atoms. The van der Waals surface area contributed by atoms with Crippen molar-refractivity contribution in [3.05, 3.63) is 50.9 Å². The molecule has 2 aromatic rings. The van der Waals surface area contributed by atoms with Gasteiger partial charge >= 0.3 is 0 Å². The topological polar surface area (TPSA) is 30.0 Å². The second kappa shape index (κ2) is 4.13. The number of aryl methyl sites for hydroxylation is 1. The monoisotopic (exact) mass is 237 g/mol. The molecule has 2 heterocycles. The van der Waals surface area contributed by atoms with Gasteiger partial charge in [0.25, 0.3) is 0 Å². The summed E-state index contributed by atoms with van der Waals surface area (Å²) in [6.07, 6.45) is 1.57. The maximum atomic E-state index is 12.0. The van der Waals surface area contributed by atoms with Crippen molar-refractivity contribution in [2.45, 2.75) is 6.92 Å². The number of thiophene rings is 1. The van der Waals surface area contributed by atoms with Crippen molar-refractivity contribution >= 4 is 28.7 Å². The predicted molar refractivity (Wildman–Crippen MR) is 61.7 cm³/mol. The van der Waals surface area contributed by atoms with Crippen LogP contribution in [0.2, 0.25) is 5.15 Å². The van der Waals surface area contributed by atoms with Gasteiger partial charge in [0, 0.05) is 6.20 Å². The van der Waals surface area contributed by atoms with Gasteiger partial charge < -0.3 is 0 Å². The Kier molecular flexibility index (Phi) is 2.84. The standard InChI is InChI=1S/C11H8ClNOS/c1-7-4-6-15-10(7)9(14)8-3-2-5-13-11(8)12/h2-6H,1H3. The first-order valence-electron chi connectivity index (χ1n) is 4.39. The highest BCUT2D eigenvalue weighted by molar-refractivity contribution is 7.12. The van der Waals surface area contributed by atoms with Crippen LogP contribution in [0.15, 0.2) is 29.8 Å². The molecule has 0 aliphatic carbocycles. The summed E-state index contributed by atoms with van der Waals surface area (Å²) in [6.45, 7) is 1.91. The SMILES string of the molecule is Cc1ccsc1C(=O)c1cccnc1Cl. The Balaban J connectivity index is 2.46. The van der Waals surface area contributed by atoms with Crippen LogP contribution in [0.25, 0.3) is 0 Å². The highest BCUT2D eigenvalue weighted by Crippen LogP contribution is 2.22. The van der Waals surface area contributed by atoms with Crippen molar-refractivity contribution in [3.63, 3.8) is 0 Å². The third kappa shape index (κ3) is 1.94. The number of pyridine rings is 1. The van der Waals surface area contributed by atoms with Crippen molar-refractivity contribution in [2.75, 3.05) is 0 Å². The fraction of sp³-hybridized carbons (Fsp3) is 0.0909. The van der Waals surface area contributed by atoms with Crippen molar-refractivity contribution in [1.82, 2.24) is 4.98 Å². The molecule has 2 nitrogen and oxygen atoms in total. The van der Waals surface area contributed by atoms with Gasteiger partial charge in [-0.15, -0.1) is 11.3 Å². The van der Waals surface area contributed by atoms with Gasteiger partial charge in [0.05, 0.1) is 10.4 Å². The molecule has 0 aliphatic heterocycles. The summed E-state index contributed by atoms with van der Waals surface area (Å²) in [5.41, 5.74) is 1.44. The molecule has 2 rings (SSSR count). The molecule has 0 saturated carbocycles. The maximum Gasteiger partial charge on any atom is 0.206 e. The first-order valence-corrected chi connectivity index (χ1v) is 5.65. The van der Waals surface area contributed by atoms with Crippen LogP contribution in [-0.4, -0.2) is 10.8 Å². The smallest absolute Gasteiger partial charge is 0.206 e. The summed E-state index contributed by atoms with van der Waals surface area (Å²) >= 11 is 7.29. The van der Waals surface area contributed by atoms with E-state index in [2.05, 4.69) is 4.98 Å². The minimum atomic E-state index is -0.0550. The van der Waals surface area contributed by atoms with E-state index in [4.69, 9.17) is 11.6 Å². The van der Waals surface area contributed by atoms with E-state index < -0.39 is 0 Å². The third-order valence-electron chi connectivity index (χ3n) is 2.07. The molecule has 4 heteroatoms. The van der Waals surface area contributed by atoms with Gasteiger partial charge in [-0.05, 0) is 36.1 Å². The summed E-state index contributed by atoms with van der Waals surface area (Å²) < 4.78 is 0. The Morgan fingerprint density at radius 1 is 1.47 bits per heavy atom. The van der Waals surface area contributed by atoms with E-state index in [1.165, 1.54) is 11.3 Å². The largest absolute Gasteiger partial charge is 0.288 e. The predicted octanol–water partition coefficient (Wildman–Crippen LogP) is 3.34. The van der Waals surface area contributed by atoms with E-state index in [1.807, 2.05) is 18.4 Å². The number of carbonyl (C=O) groups is 1. The Hall–Kier alpha value is -1.19. The zero-order valence-corrected chi connectivity index (χ0v) is 9.60. The molecule has 76 valence electrons. The molecule has 0 unspecified atom stereocenters. The summed E-state index contributed by atoms with van der Waals surface area (Å²) in [4.78, 5) is 16.7. The lowest BCUT2D eigenvalue weighted by Crippen LogP contribution is -2.02. The van der Waals surface area contributed by atoms with Crippen molar-refractivity contribution in [2.24, 2.45) is 0 Å². The van der Waals surface area contributed by atoms with Crippen molar-refractivity contribution in [3.8, 4) is 0 Å². The van der Waals surface area contributed by atoms with Gasteiger partial charge in [-0.3, -0.25) is 4.79 Å². The molecule has 0 atom stereocenters. The fourth-order valence-electron chi connectivity index (χ4n) is 1.28. The molecular weight excluding hydrogens is 230 g/mol. The van der Waals surface area contributed by atoms with Gasteiger partial charge in [0.1, 0.15) is 5.15 Å². The van der Waals surface area contributed by atoms with Crippen LogP contribution in [0.1, 0.15) is 20.8 Å². The number of aromatic nitrogens is 1. The zero-order valence-electron chi connectivity index (χ0n) is 8.03. The first kappa shape index (κ1) is 10.3. The quantitative estimate of drug-likeness (QED) is 0.592. The van der Waals surface area contributed by atoms with Crippen LogP contribution in [0.4, 0.5) is 0 Å². The number of hydrogen-bond donors (Lipinski definition) is 0. The second-order valence-electron chi connectivity index (χ2n) is 3.10. The number of nitrogens with zero attached hydrogens (tertiary/aromatic N) is 1. The average molecular weight is 238 g/mol. The van der Waals surface area contributed by atoms with E-state index in [9.17, 15) is 4.79 Å². The molecule has 0 radical (unpaired) electrons. The van der Waals surface area contributed by atoms with Crippen LogP contribution in [0.3, 0.4) is 0 Å². The van der Waals surface area contributed by atoms with Gasteiger partial charge in [-0.2, -0.15) is 0 Å². The molecule has 0 aliphatic rings. The molecule has 2 aromatic heterocycles. The fourth-order valence-corrected chi connectivity index (χ4v) is 2.37. The lowest BCUT2D eigenvalue weighted by atomic mass is 10.1. The van der Waals surface area contributed by atoms with E-state index in [-0.39, 0.29) is 10.9 Å². The normalized spacial score (nSPS) is 10.3. The Morgan fingerprint density at radius 2 is 2.27 bits per heavy atom.